The molecule has 0 atom stereocenters. The molecule has 0 aliphatic carbocycles. The lowest BCUT2D eigenvalue weighted by atomic mass is 9.99. The Labute approximate surface area is 126 Å². The molecule has 0 radical (unpaired) electrons. The van der Waals surface area contributed by atoms with Crippen LogP contribution in [0.2, 0.25) is 0 Å². The Morgan fingerprint density at radius 1 is 1.50 bits per heavy atom. The number of likely N-dealkylation sites (tertiary alicyclic amines) is 1. The van der Waals surface area contributed by atoms with E-state index in [0.29, 0.717) is 0 Å². The highest BCUT2D eigenvalue weighted by atomic mass is 32.1. The van der Waals surface area contributed by atoms with Crippen LogP contribution in [0.4, 0.5) is 0 Å². The molecule has 1 heterocycles. The minimum Gasteiger partial charge on any atom is -0.375 e. The van der Waals surface area contributed by atoms with Gasteiger partial charge in [0.2, 0.25) is 0 Å². The summed E-state index contributed by atoms with van der Waals surface area (Å²) in [5, 5.41) is 4.16. The maximum Gasteiger partial charge on any atom is 0.184 e. The van der Waals surface area contributed by atoms with Crippen molar-refractivity contribution in [3.8, 4) is 0 Å². The van der Waals surface area contributed by atoms with Crippen LogP contribution in [0.25, 0.3) is 0 Å². The van der Waals surface area contributed by atoms with E-state index in [-0.39, 0.29) is 5.11 Å². The van der Waals surface area contributed by atoms with E-state index in [1.165, 1.54) is 31.5 Å². The number of piperidine rings is 1. The Kier molecular flexibility index (Phi) is 5.49. The first-order valence-corrected chi connectivity index (χ1v) is 7.44. The van der Waals surface area contributed by atoms with Crippen molar-refractivity contribution in [2.45, 2.75) is 26.3 Å². The van der Waals surface area contributed by atoms with E-state index in [0.717, 1.165) is 18.0 Å². The highest BCUT2D eigenvalue weighted by molar-refractivity contribution is 7.80. The molecule has 2 rings (SSSR count). The Bertz CT molecular complexity index is 479. The Balaban J connectivity index is 1.92. The van der Waals surface area contributed by atoms with E-state index in [1.807, 2.05) is 6.07 Å². The lowest BCUT2D eigenvalue weighted by Gasteiger charge is -2.30. The molecule has 5 heteroatoms. The lowest BCUT2D eigenvalue weighted by Crippen LogP contribution is -2.32. The van der Waals surface area contributed by atoms with E-state index in [4.69, 9.17) is 18.0 Å². The third kappa shape index (κ3) is 4.90. The van der Waals surface area contributed by atoms with Gasteiger partial charge in [0, 0.05) is 6.54 Å². The SMILES string of the molecule is CC1CCN(Cc2cccc(C=NNC(N)=S)c2)CC1. The molecule has 3 N–H and O–H groups in total. The summed E-state index contributed by atoms with van der Waals surface area (Å²) in [5.74, 6) is 0.871. The van der Waals surface area contributed by atoms with Gasteiger partial charge >= 0.3 is 0 Å². The van der Waals surface area contributed by atoms with Gasteiger partial charge < -0.3 is 5.73 Å². The summed E-state index contributed by atoms with van der Waals surface area (Å²) >= 11 is 4.70. The molecule has 1 aromatic rings. The second-order valence-electron chi connectivity index (χ2n) is 5.44. The first-order valence-electron chi connectivity index (χ1n) is 7.03. The second-order valence-corrected chi connectivity index (χ2v) is 5.88. The Morgan fingerprint density at radius 2 is 2.25 bits per heavy atom. The fraction of sp³-hybridized carbons (Fsp3) is 0.467. The van der Waals surface area contributed by atoms with Gasteiger partial charge in [0.1, 0.15) is 0 Å². The number of hydrogen-bond donors (Lipinski definition) is 2. The normalized spacial score (nSPS) is 17.4. The summed E-state index contributed by atoms with van der Waals surface area (Å²) in [6.07, 6.45) is 4.35. The molecule has 1 aliphatic rings. The van der Waals surface area contributed by atoms with E-state index < -0.39 is 0 Å². The van der Waals surface area contributed by atoms with E-state index in [1.54, 1.807) is 6.21 Å². The second kappa shape index (κ2) is 7.36. The van der Waals surface area contributed by atoms with E-state index in [9.17, 15) is 0 Å². The molecule has 0 unspecified atom stereocenters. The molecule has 1 aromatic carbocycles. The third-order valence-corrected chi connectivity index (χ3v) is 3.71. The molecule has 1 saturated heterocycles. The zero-order valence-electron chi connectivity index (χ0n) is 11.9. The molecule has 0 amide bonds. The summed E-state index contributed by atoms with van der Waals surface area (Å²) in [6.45, 7) is 5.74. The number of thiocarbonyl (C=S) groups is 1. The van der Waals surface area contributed by atoms with Crippen LogP contribution < -0.4 is 11.2 Å². The number of nitrogens with zero attached hydrogens (tertiary/aromatic N) is 2. The van der Waals surface area contributed by atoms with Crippen molar-refractivity contribution in [2.24, 2.45) is 16.8 Å². The monoisotopic (exact) mass is 290 g/mol. The molecule has 108 valence electrons. The lowest BCUT2D eigenvalue weighted by molar-refractivity contribution is 0.185. The zero-order valence-corrected chi connectivity index (χ0v) is 12.7. The van der Waals surface area contributed by atoms with Crippen LogP contribution in [-0.4, -0.2) is 29.3 Å². The van der Waals surface area contributed by atoms with Gasteiger partial charge in [0.05, 0.1) is 6.21 Å². The predicted octanol–water partition coefficient (Wildman–Crippen LogP) is 2.09. The summed E-state index contributed by atoms with van der Waals surface area (Å²) in [6, 6.07) is 8.40. The van der Waals surface area contributed by atoms with Crippen molar-refractivity contribution in [3.05, 3.63) is 35.4 Å². The van der Waals surface area contributed by atoms with E-state index in [2.05, 4.69) is 40.5 Å². The van der Waals surface area contributed by atoms with Gasteiger partial charge in [-0.3, -0.25) is 10.3 Å². The predicted molar refractivity (Wildman–Crippen MR) is 87.6 cm³/mol. The van der Waals surface area contributed by atoms with Crippen LogP contribution in [0.5, 0.6) is 0 Å². The number of rotatable bonds is 4. The van der Waals surface area contributed by atoms with Gasteiger partial charge in [-0.15, -0.1) is 0 Å². The molecule has 0 saturated carbocycles. The molecular weight excluding hydrogens is 268 g/mol. The van der Waals surface area contributed by atoms with Crippen LogP contribution in [0.15, 0.2) is 29.4 Å². The zero-order chi connectivity index (χ0) is 14.4. The standard InChI is InChI=1S/C15H22N4S/c1-12-5-7-19(8-6-12)11-14-4-2-3-13(9-14)10-17-18-15(16)20/h2-4,9-10,12H,5-8,11H2,1H3,(H3,16,18,20). The van der Waals surface area contributed by atoms with Gasteiger partial charge in [-0.25, -0.2) is 0 Å². The van der Waals surface area contributed by atoms with Crippen molar-refractivity contribution in [2.75, 3.05) is 13.1 Å². The van der Waals surface area contributed by atoms with Crippen molar-refractivity contribution in [1.82, 2.24) is 10.3 Å². The fourth-order valence-corrected chi connectivity index (χ4v) is 2.47. The highest BCUT2D eigenvalue weighted by Crippen LogP contribution is 2.18. The van der Waals surface area contributed by atoms with Gasteiger partial charge in [-0.2, -0.15) is 5.10 Å². The molecule has 0 spiro atoms. The number of hydrogen-bond acceptors (Lipinski definition) is 3. The summed E-state index contributed by atoms with van der Waals surface area (Å²) < 4.78 is 0. The maximum atomic E-state index is 5.32. The van der Waals surface area contributed by atoms with Crippen molar-refractivity contribution in [3.63, 3.8) is 0 Å². The summed E-state index contributed by atoms with van der Waals surface area (Å²) in [5.41, 5.74) is 10.3. The van der Waals surface area contributed by atoms with Crippen molar-refractivity contribution >= 4 is 23.5 Å². The van der Waals surface area contributed by atoms with E-state index >= 15 is 0 Å². The van der Waals surface area contributed by atoms with Crippen LogP contribution >= 0.6 is 12.2 Å². The van der Waals surface area contributed by atoms with Crippen LogP contribution in [0, 0.1) is 5.92 Å². The molecule has 0 bridgehead atoms. The molecule has 1 aliphatic heterocycles. The molecule has 20 heavy (non-hydrogen) atoms. The number of nitrogens with two attached hydrogens (primary N) is 1. The van der Waals surface area contributed by atoms with Crippen LogP contribution in [0.1, 0.15) is 30.9 Å². The number of nitrogens with one attached hydrogen (secondary N) is 1. The van der Waals surface area contributed by atoms with Crippen molar-refractivity contribution < 1.29 is 0 Å². The minimum atomic E-state index is 0.180. The Hall–Kier alpha value is -1.46. The van der Waals surface area contributed by atoms with Crippen molar-refractivity contribution in [1.29, 1.82) is 0 Å². The molecule has 0 aromatic heterocycles. The maximum absolute atomic E-state index is 5.32. The first-order chi connectivity index (χ1) is 9.63. The van der Waals surface area contributed by atoms with Gasteiger partial charge in [0.25, 0.3) is 0 Å². The molecule has 4 nitrogen and oxygen atoms in total. The quantitative estimate of drug-likeness (QED) is 0.506. The first kappa shape index (κ1) is 14.9. The largest absolute Gasteiger partial charge is 0.375 e. The third-order valence-electron chi connectivity index (χ3n) is 3.62. The molecular formula is C15H22N4S. The topological polar surface area (TPSA) is 53.6 Å². The highest BCUT2D eigenvalue weighted by Gasteiger charge is 2.15. The van der Waals surface area contributed by atoms with Crippen LogP contribution in [0.3, 0.4) is 0 Å². The number of benzene rings is 1. The van der Waals surface area contributed by atoms with Gasteiger partial charge in [-0.1, -0.05) is 25.1 Å². The van der Waals surface area contributed by atoms with Gasteiger partial charge in [-0.05, 0) is 61.3 Å². The summed E-state index contributed by atoms with van der Waals surface area (Å²) in [7, 11) is 0. The minimum absolute atomic E-state index is 0.180. The molecule has 1 fully saturated rings. The summed E-state index contributed by atoms with van der Waals surface area (Å²) in [4.78, 5) is 2.52. The fourth-order valence-electron chi connectivity index (χ4n) is 2.42. The van der Waals surface area contributed by atoms with Crippen LogP contribution in [-0.2, 0) is 6.54 Å². The average Bonchev–Trinajstić information content (AvgIpc) is 2.41. The Morgan fingerprint density at radius 3 is 2.95 bits per heavy atom. The average molecular weight is 290 g/mol. The van der Waals surface area contributed by atoms with Gasteiger partial charge in [0.15, 0.2) is 5.11 Å². The number of hydrazone groups is 1. The smallest absolute Gasteiger partial charge is 0.184 e.